The molecule has 0 aliphatic heterocycles. The van der Waals surface area contributed by atoms with Crippen LogP contribution in [0.1, 0.15) is 6.92 Å². The molecule has 0 heterocycles. The van der Waals surface area contributed by atoms with Crippen molar-refractivity contribution in [3.05, 3.63) is 0 Å². The number of aliphatic hydroxyl groups is 1. The molecule has 11 unspecified atom stereocenters. The lowest BCUT2D eigenvalue weighted by Gasteiger charge is -2.28. The van der Waals surface area contributed by atoms with Crippen molar-refractivity contribution in [3.8, 4) is 0 Å². The second-order valence-corrected chi connectivity index (χ2v) is 23.7. The van der Waals surface area contributed by atoms with Crippen LogP contribution in [0.4, 0.5) is 0 Å². The quantitative estimate of drug-likeness (QED) is 0.0245. The third-order valence-electron chi connectivity index (χ3n) is 6.64. The smallest absolute Gasteiger partial charge is 0.268 e. The first-order valence-corrected chi connectivity index (χ1v) is 30.9. The van der Waals surface area contributed by atoms with Crippen LogP contribution < -0.4 is 55.1 Å². The van der Waals surface area contributed by atoms with Gasteiger partial charge in [-0.1, -0.05) is 6.92 Å². The number of hydrogen-bond donors (Lipinski definition) is 6. The average Bonchev–Trinajstić information content (AvgIpc) is 3.22. The first-order valence-electron chi connectivity index (χ1n) is 19.1. The molecule has 11 atom stereocenters. The standard InChI is InChI=1S/C18H46N2O25P6.C7H19NO8P2/c1-19-11-17(13-21)14-44-50(31,32)41-9-7-39-48(27,28)37-5-3-35-47(25,26)36-4-6-38-49(29,30)40-8-10-42-51(33,34)45-16-18(12-20-2)15-43-46(22,23)24;1-7(5-8-2)6-16-18(12,13)15-4-3-14-17(9,10)11/h17-21H,3-16H2,1-2H3,(H,25,26)(H,27,28)(H,29,30)(H,31,32)(H,33,34)(H2,22,23,24);7-8H,3-6H2,1-2H3,(H,12,13)(H2,9,10,11)/p-8. The van der Waals surface area contributed by atoms with Gasteiger partial charge in [-0.25, -0.2) is 0 Å². The van der Waals surface area contributed by atoms with E-state index in [1.807, 2.05) is 0 Å². The second-order valence-electron chi connectivity index (χ2n) is 12.8. The van der Waals surface area contributed by atoms with Gasteiger partial charge in [0.2, 0.25) is 0 Å². The summed E-state index contributed by atoms with van der Waals surface area (Å²) in [6.07, 6.45) is 0. The molecule has 69 heavy (non-hydrogen) atoms. The lowest BCUT2D eigenvalue weighted by Crippen LogP contribution is -2.28. The Hall–Kier alpha value is 0.720. The van der Waals surface area contributed by atoms with E-state index in [9.17, 15) is 75.7 Å². The highest BCUT2D eigenvalue weighted by atomic mass is 31.2. The highest BCUT2D eigenvalue weighted by molar-refractivity contribution is 7.47. The summed E-state index contributed by atoms with van der Waals surface area (Å²) in [7, 11) is -35.0. The number of rotatable bonds is 44. The summed E-state index contributed by atoms with van der Waals surface area (Å²) in [5.74, 6) is -1.47. The molecule has 0 aromatic rings. The molecule has 0 bridgehead atoms. The number of nitrogens with one attached hydrogen (secondary N) is 3. The molecule has 6 N–H and O–H groups in total. The summed E-state index contributed by atoms with van der Waals surface area (Å²) < 4.78 is 151. The van der Waals surface area contributed by atoms with E-state index in [4.69, 9.17) is 14.9 Å². The Balaban J connectivity index is 0. The number of phosphoric acid groups is 8. The van der Waals surface area contributed by atoms with Crippen molar-refractivity contribution in [1.82, 2.24) is 16.0 Å². The summed E-state index contributed by atoms with van der Waals surface area (Å²) in [6.45, 7) is -7.89. The molecule has 0 spiro atoms. The summed E-state index contributed by atoms with van der Waals surface area (Å²) in [6, 6.07) is 0. The van der Waals surface area contributed by atoms with Crippen molar-refractivity contribution in [1.29, 1.82) is 0 Å². The largest absolute Gasteiger partial charge is 0.756 e. The normalized spacial score (nSPS) is 20.4. The van der Waals surface area contributed by atoms with Crippen molar-refractivity contribution in [3.63, 3.8) is 0 Å². The lowest BCUT2D eigenvalue weighted by atomic mass is 10.2. The van der Waals surface area contributed by atoms with E-state index in [-0.39, 0.29) is 32.2 Å². The van der Waals surface area contributed by atoms with Crippen LogP contribution in [0.25, 0.3) is 0 Å². The van der Waals surface area contributed by atoms with E-state index in [2.05, 4.69) is 79.3 Å². The minimum atomic E-state index is -5.15. The van der Waals surface area contributed by atoms with E-state index < -0.39 is 160 Å². The van der Waals surface area contributed by atoms with Crippen molar-refractivity contribution >= 4 is 62.6 Å². The Morgan fingerprint density at radius 3 is 0.870 bits per heavy atom. The molecule has 0 saturated carbocycles. The zero-order valence-corrected chi connectivity index (χ0v) is 44.3. The molecule has 0 amide bonds. The fraction of sp³-hybridized carbons (Fsp3) is 1.00. The Morgan fingerprint density at radius 2 is 0.594 bits per heavy atom. The molecule has 0 aliphatic carbocycles. The molecule has 44 heteroatoms. The summed E-state index contributed by atoms with van der Waals surface area (Å²) >= 11 is 0. The van der Waals surface area contributed by atoms with Gasteiger partial charge in [0.15, 0.2) is 0 Å². The minimum absolute atomic E-state index is 0.00562. The molecule has 0 aliphatic rings. The van der Waals surface area contributed by atoms with Crippen LogP contribution in [0, 0.1) is 17.8 Å². The molecular formula is C25H57N3O33P8-8. The van der Waals surface area contributed by atoms with Crippen LogP contribution in [-0.4, -0.2) is 155 Å². The van der Waals surface area contributed by atoms with Crippen LogP contribution in [0.15, 0.2) is 0 Å². The van der Waals surface area contributed by atoms with Gasteiger partial charge in [0, 0.05) is 31.5 Å². The zero-order valence-electron chi connectivity index (χ0n) is 37.1. The predicted octanol–water partition coefficient (Wildman–Crippen LogP) is -5.54. The Kier molecular flexibility index (Phi) is 38.1. The van der Waals surface area contributed by atoms with E-state index in [1.54, 1.807) is 21.0 Å². The first-order chi connectivity index (χ1) is 31.6. The highest BCUT2D eigenvalue weighted by Gasteiger charge is 2.20. The predicted molar refractivity (Wildman–Crippen MR) is 214 cm³/mol. The van der Waals surface area contributed by atoms with Gasteiger partial charge in [0.25, 0.3) is 62.6 Å². The third kappa shape index (κ3) is 46.9. The Morgan fingerprint density at radius 1 is 0.362 bits per heavy atom. The van der Waals surface area contributed by atoms with Gasteiger partial charge in [0.05, 0.1) is 92.5 Å². The third-order valence-corrected chi connectivity index (χ3v) is 13.5. The summed E-state index contributed by atoms with van der Waals surface area (Å²) in [5.41, 5.74) is 0. The number of hydrogen-bond acceptors (Lipinski definition) is 34. The van der Waals surface area contributed by atoms with Crippen LogP contribution >= 0.6 is 62.6 Å². The SMILES string of the molecule is CNCC(C)COP(=O)([O-])OCCOP(=O)([O-])O.CNCC(CO)COP(=O)([O-])OCCOP(=O)([O-])OCCOP(=O)([O-])OCCOP(=O)([O-])OCCOP(=O)([O-])OCC(CNC)COP(=O)([O-])O. The van der Waals surface area contributed by atoms with Crippen molar-refractivity contribution < 1.29 is 154 Å². The fourth-order valence-corrected chi connectivity index (χ4v) is 8.92. The van der Waals surface area contributed by atoms with Gasteiger partial charge in [-0.15, -0.1) is 0 Å². The molecule has 418 valence electrons. The van der Waals surface area contributed by atoms with E-state index in [0.29, 0.717) is 6.54 Å². The van der Waals surface area contributed by atoms with E-state index >= 15 is 0 Å². The van der Waals surface area contributed by atoms with Crippen LogP contribution in [0.2, 0.25) is 0 Å². The molecule has 0 rings (SSSR count). The lowest BCUT2D eigenvalue weighted by molar-refractivity contribution is -0.238. The first kappa shape index (κ1) is 71.8. The molecule has 0 saturated heterocycles. The molecule has 0 aromatic carbocycles. The van der Waals surface area contributed by atoms with Gasteiger partial charge in [0.1, 0.15) is 0 Å². The van der Waals surface area contributed by atoms with Crippen molar-refractivity contribution in [2.45, 2.75) is 6.92 Å². The molecule has 0 aromatic heterocycles. The van der Waals surface area contributed by atoms with E-state index in [0.717, 1.165) is 0 Å². The number of phosphoric ester groups is 8. The number of aliphatic hydroxyl groups excluding tert-OH is 1. The average molecular weight is 1180 g/mol. The maximum atomic E-state index is 11.8. The van der Waals surface area contributed by atoms with Gasteiger partial charge in [-0.3, -0.25) is 36.5 Å². The highest BCUT2D eigenvalue weighted by Crippen LogP contribution is 2.44. The van der Waals surface area contributed by atoms with Gasteiger partial charge < -0.3 is 133 Å². The summed E-state index contributed by atoms with van der Waals surface area (Å²) in [4.78, 5) is 108. The molecule has 0 fully saturated rings. The van der Waals surface area contributed by atoms with Crippen LogP contribution in [-0.2, 0) is 99.9 Å². The molecule has 36 nitrogen and oxygen atoms in total. The van der Waals surface area contributed by atoms with Crippen LogP contribution in [0.5, 0.6) is 0 Å². The van der Waals surface area contributed by atoms with Crippen molar-refractivity contribution in [2.75, 3.05) is 140 Å². The van der Waals surface area contributed by atoms with Crippen LogP contribution in [0.3, 0.4) is 0 Å². The maximum absolute atomic E-state index is 11.8. The topological polar surface area (TPSA) is 547 Å². The fourth-order valence-electron chi connectivity index (χ4n) is 3.86. The van der Waals surface area contributed by atoms with Gasteiger partial charge in [-0.05, 0) is 33.6 Å². The Labute approximate surface area is 396 Å². The second kappa shape index (κ2) is 36.7. The van der Waals surface area contributed by atoms with Gasteiger partial charge in [-0.2, -0.15) is 0 Å². The maximum Gasteiger partial charge on any atom is 0.268 e. The monoisotopic (exact) mass is 1180 g/mol. The van der Waals surface area contributed by atoms with Gasteiger partial charge >= 0.3 is 0 Å². The minimum Gasteiger partial charge on any atom is -0.756 e. The van der Waals surface area contributed by atoms with E-state index in [1.165, 1.54) is 7.05 Å². The molecule has 0 radical (unpaired) electrons. The summed E-state index contributed by atoms with van der Waals surface area (Å²) in [5, 5.41) is 17.3. The van der Waals surface area contributed by atoms with Crippen molar-refractivity contribution in [2.24, 2.45) is 17.8 Å². The Bertz CT molecular complexity index is 1770. The zero-order chi connectivity index (χ0) is 53.5. The molecular weight excluding hydrogens is 1120 g/mol.